The number of rotatable bonds is 5. The average molecular weight is 208 g/mol. The van der Waals surface area contributed by atoms with Crippen molar-refractivity contribution in [2.45, 2.75) is 60.8 Å². The van der Waals surface area contributed by atoms with Gasteiger partial charge in [-0.15, -0.1) is 0 Å². The first-order valence-electron chi connectivity index (χ1n) is 6.08. The van der Waals surface area contributed by atoms with Gasteiger partial charge in [-0.2, -0.15) is 0 Å². The van der Waals surface area contributed by atoms with Gasteiger partial charge >= 0.3 is 0 Å². The molecule has 0 unspecified atom stereocenters. The van der Waals surface area contributed by atoms with Crippen molar-refractivity contribution in [1.29, 1.82) is 0 Å². The highest BCUT2D eigenvalue weighted by atomic mass is 14.0. The third kappa shape index (κ3) is 9.52. The third-order valence-corrected chi connectivity index (χ3v) is 2.17. The molecule has 0 nitrogen and oxygen atoms in total. The molecule has 0 saturated heterocycles. The van der Waals surface area contributed by atoms with Crippen molar-refractivity contribution >= 4 is 0 Å². The quantitative estimate of drug-likeness (QED) is 0.510. The zero-order chi connectivity index (χ0) is 12.3. The minimum atomic E-state index is 1.20. The fraction of sp³-hybridized carbons (Fsp3) is 0.600. The molecule has 15 heavy (non-hydrogen) atoms. The van der Waals surface area contributed by atoms with E-state index in [0.29, 0.717) is 0 Å². The van der Waals surface area contributed by atoms with E-state index in [9.17, 15) is 0 Å². The van der Waals surface area contributed by atoms with Gasteiger partial charge in [-0.3, -0.25) is 0 Å². The molecular formula is C15H28. The van der Waals surface area contributed by atoms with Crippen molar-refractivity contribution in [1.82, 2.24) is 0 Å². The highest BCUT2D eigenvalue weighted by Crippen LogP contribution is 2.15. The average Bonchev–Trinajstić information content (AvgIpc) is 2.26. The van der Waals surface area contributed by atoms with E-state index in [1.54, 1.807) is 0 Å². The Hall–Kier alpha value is -0.780. The highest BCUT2D eigenvalue weighted by Gasteiger charge is 1.95. The van der Waals surface area contributed by atoms with Crippen LogP contribution in [0.15, 0.2) is 35.5 Å². The molecular weight excluding hydrogens is 180 g/mol. The van der Waals surface area contributed by atoms with Gasteiger partial charge < -0.3 is 0 Å². The zero-order valence-electron chi connectivity index (χ0n) is 11.5. The van der Waals surface area contributed by atoms with Crippen LogP contribution >= 0.6 is 0 Å². The fourth-order valence-electron chi connectivity index (χ4n) is 1.17. The van der Waals surface area contributed by atoms with Crippen LogP contribution in [0.25, 0.3) is 0 Å². The van der Waals surface area contributed by atoms with Gasteiger partial charge in [0.2, 0.25) is 0 Å². The second-order valence-electron chi connectivity index (χ2n) is 3.72. The molecule has 0 radical (unpaired) electrons. The van der Waals surface area contributed by atoms with Crippen LogP contribution in [-0.2, 0) is 0 Å². The molecule has 0 fully saturated rings. The molecule has 0 aliphatic rings. The van der Waals surface area contributed by atoms with E-state index in [4.69, 9.17) is 0 Å². The van der Waals surface area contributed by atoms with Crippen LogP contribution in [0.3, 0.4) is 0 Å². The molecule has 0 bridgehead atoms. The lowest BCUT2D eigenvalue weighted by Gasteiger charge is -2.05. The summed E-state index contributed by atoms with van der Waals surface area (Å²) in [5.74, 6) is 0. The van der Waals surface area contributed by atoms with Crippen LogP contribution in [0.1, 0.15) is 60.8 Å². The molecule has 0 saturated carbocycles. The molecule has 0 spiro atoms. The van der Waals surface area contributed by atoms with Gasteiger partial charge in [0.25, 0.3) is 0 Å². The van der Waals surface area contributed by atoms with Crippen LogP contribution in [0.2, 0.25) is 0 Å². The summed E-state index contributed by atoms with van der Waals surface area (Å²) < 4.78 is 0. The topological polar surface area (TPSA) is 0 Å². The monoisotopic (exact) mass is 208 g/mol. The minimum absolute atomic E-state index is 1.20. The summed E-state index contributed by atoms with van der Waals surface area (Å²) in [6, 6.07) is 0. The summed E-state index contributed by atoms with van der Waals surface area (Å²) in [5, 5.41) is 0. The van der Waals surface area contributed by atoms with Crippen molar-refractivity contribution in [3.63, 3.8) is 0 Å². The predicted octanol–water partition coefficient (Wildman–Crippen LogP) is 5.67. The van der Waals surface area contributed by atoms with E-state index in [-0.39, 0.29) is 0 Å². The van der Waals surface area contributed by atoms with Gasteiger partial charge in [0.05, 0.1) is 0 Å². The third-order valence-electron chi connectivity index (χ3n) is 2.17. The molecule has 0 heterocycles. The first-order valence-corrected chi connectivity index (χ1v) is 6.08. The van der Waals surface area contributed by atoms with Gasteiger partial charge in [-0.25, -0.2) is 0 Å². The first kappa shape index (κ1) is 16.6. The molecule has 0 amide bonds. The van der Waals surface area contributed by atoms with E-state index in [0.717, 1.165) is 0 Å². The summed E-state index contributed by atoms with van der Waals surface area (Å²) in [4.78, 5) is 0. The van der Waals surface area contributed by atoms with Gasteiger partial charge in [-0.05, 0) is 39.2 Å². The Morgan fingerprint density at radius 3 is 2.00 bits per heavy atom. The SMILES string of the molecule is C=C/C(C)=C\C(CCCC)=C(C)C.CC. The van der Waals surface area contributed by atoms with Crippen molar-refractivity contribution < 1.29 is 0 Å². The zero-order valence-corrected chi connectivity index (χ0v) is 11.5. The summed E-state index contributed by atoms with van der Waals surface area (Å²) in [5.41, 5.74) is 4.15. The molecule has 0 aliphatic carbocycles. The van der Waals surface area contributed by atoms with E-state index >= 15 is 0 Å². The minimum Gasteiger partial charge on any atom is -0.0988 e. The molecule has 0 rings (SSSR count). The van der Waals surface area contributed by atoms with Crippen LogP contribution in [-0.4, -0.2) is 0 Å². The van der Waals surface area contributed by atoms with Crippen LogP contribution < -0.4 is 0 Å². The van der Waals surface area contributed by atoms with E-state index in [1.165, 1.54) is 36.0 Å². The maximum absolute atomic E-state index is 3.76. The molecule has 0 atom stereocenters. The molecule has 0 aromatic rings. The standard InChI is InChI=1S/C13H22.C2H6/c1-6-8-9-13(11(3)4)10-12(5)7-2;1-2/h7,10H,2,6,8-9H2,1,3-5H3;1-2H3/b12-10-;. The summed E-state index contributed by atoms with van der Waals surface area (Å²) in [7, 11) is 0. The second-order valence-corrected chi connectivity index (χ2v) is 3.72. The summed E-state index contributed by atoms with van der Waals surface area (Å²) in [6.07, 6.45) is 7.90. The van der Waals surface area contributed by atoms with Gasteiger partial charge in [0, 0.05) is 0 Å². The Bertz CT molecular complexity index is 212. The molecule has 0 heteroatoms. The molecule has 0 aromatic heterocycles. The van der Waals surface area contributed by atoms with Crippen molar-refractivity contribution in [3.05, 3.63) is 35.5 Å². The number of allylic oxidation sites excluding steroid dienone is 5. The Labute approximate surface area is 96.8 Å². The Kier molecular flexibility index (Phi) is 12.5. The fourth-order valence-corrected chi connectivity index (χ4v) is 1.17. The summed E-state index contributed by atoms with van der Waals surface area (Å²) >= 11 is 0. The molecule has 88 valence electrons. The van der Waals surface area contributed by atoms with Crippen LogP contribution in [0.5, 0.6) is 0 Å². The van der Waals surface area contributed by atoms with Crippen molar-refractivity contribution in [3.8, 4) is 0 Å². The van der Waals surface area contributed by atoms with E-state index in [2.05, 4.69) is 40.3 Å². The maximum Gasteiger partial charge on any atom is -0.0280 e. The van der Waals surface area contributed by atoms with Crippen molar-refractivity contribution in [2.24, 2.45) is 0 Å². The Morgan fingerprint density at radius 1 is 1.13 bits per heavy atom. The largest absolute Gasteiger partial charge is 0.0988 e. The Balaban J connectivity index is 0. The predicted molar refractivity (Wildman–Crippen MR) is 73.2 cm³/mol. The lowest BCUT2D eigenvalue weighted by molar-refractivity contribution is 0.791. The molecule has 0 aromatic carbocycles. The highest BCUT2D eigenvalue weighted by molar-refractivity contribution is 5.30. The second kappa shape index (κ2) is 11.3. The van der Waals surface area contributed by atoms with E-state index < -0.39 is 0 Å². The van der Waals surface area contributed by atoms with Crippen LogP contribution in [0, 0.1) is 0 Å². The molecule has 0 aliphatic heterocycles. The lowest BCUT2D eigenvalue weighted by atomic mass is 10.0. The van der Waals surface area contributed by atoms with Crippen LogP contribution in [0.4, 0.5) is 0 Å². The van der Waals surface area contributed by atoms with Crippen molar-refractivity contribution in [2.75, 3.05) is 0 Å². The lowest BCUT2D eigenvalue weighted by Crippen LogP contribution is -1.84. The van der Waals surface area contributed by atoms with E-state index in [1.807, 2.05) is 19.9 Å². The van der Waals surface area contributed by atoms with Gasteiger partial charge in [0.15, 0.2) is 0 Å². The number of hydrogen-bond acceptors (Lipinski definition) is 0. The number of hydrogen-bond donors (Lipinski definition) is 0. The number of unbranched alkanes of at least 4 members (excludes halogenated alkanes) is 1. The normalized spacial score (nSPS) is 10.1. The van der Waals surface area contributed by atoms with Gasteiger partial charge in [-0.1, -0.05) is 57.1 Å². The summed E-state index contributed by atoms with van der Waals surface area (Å²) in [6.45, 7) is 16.4. The first-order chi connectivity index (χ1) is 7.11. The Morgan fingerprint density at radius 2 is 1.67 bits per heavy atom. The molecule has 0 N–H and O–H groups in total. The smallest absolute Gasteiger partial charge is 0.0280 e. The van der Waals surface area contributed by atoms with Gasteiger partial charge in [0.1, 0.15) is 0 Å². The maximum atomic E-state index is 3.76.